The number of esters is 1. The van der Waals surface area contributed by atoms with Gasteiger partial charge in [-0.25, -0.2) is 4.79 Å². The van der Waals surface area contributed by atoms with Crippen LogP contribution in [0.1, 0.15) is 23.0 Å². The molecule has 0 spiro atoms. The Hall–Kier alpha value is -1.79. The highest BCUT2D eigenvalue weighted by molar-refractivity contribution is 7.20. The molecule has 1 atom stereocenters. The van der Waals surface area contributed by atoms with E-state index in [-0.39, 0.29) is 12.6 Å². The molecule has 0 radical (unpaired) electrons. The Kier molecular flexibility index (Phi) is 3.50. The first-order valence-corrected chi connectivity index (χ1v) is 7.21. The molecule has 1 aliphatic heterocycles. The van der Waals surface area contributed by atoms with Gasteiger partial charge in [0.2, 0.25) is 6.29 Å². The number of ether oxygens (including phenoxy) is 3. The molecule has 0 fully saturated rings. The lowest BCUT2D eigenvalue weighted by Gasteiger charge is -2.06. The fourth-order valence-electron chi connectivity index (χ4n) is 2.06. The number of carbonyl (C=O) groups excluding carboxylic acids is 1. The van der Waals surface area contributed by atoms with Gasteiger partial charge in [-0.2, -0.15) is 0 Å². The van der Waals surface area contributed by atoms with Crippen molar-refractivity contribution in [2.45, 2.75) is 19.6 Å². The predicted molar refractivity (Wildman–Crippen MR) is 74.5 cm³/mol. The molecule has 20 heavy (non-hydrogen) atoms. The summed E-state index contributed by atoms with van der Waals surface area (Å²) in [6.45, 7) is 2.15. The monoisotopic (exact) mass is 294 g/mol. The number of rotatable bonds is 4. The topological polar surface area (TPSA) is 65.0 Å². The minimum atomic E-state index is -0.434. The van der Waals surface area contributed by atoms with Gasteiger partial charge in [-0.1, -0.05) is 0 Å². The molecule has 1 unspecified atom stereocenters. The zero-order valence-electron chi connectivity index (χ0n) is 10.9. The molecule has 0 saturated heterocycles. The average molecular weight is 294 g/mol. The van der Waals surface area contributed by atoms with Crippen molar-refractivity contribution in [2.24, 2.45) is 0 Å². The molecule has 1 aliphatic rings. The van der Waals surface area contributed by atoms with Crippen LogP contribution in [0.3, 0.4) is 0 Å². The largest absolute Gasteiger partial charge is 0.462 e. The van der Waals surface area contributed by atoms with E-state index in [4.69, 9.17) is 19.3 Å². The first-order valence-electron chi connectivity index (χ1n) is 6.40. The van der Waals surface area contributed by atoms with E-state index in [1.54, 1.807) is 13.0 Å². The van der Waals surface area contributed by atoms with E-state index in [9.17, 15) is 4.79 Å². The zero-order valence-corrected chi connectivity index (χ0v) is 11.7. The van der Waals surface area contributed by atoms with Gasteiger partial charge >= 0.3 is 5.97 Å². The lowest BCUT2D eigenvalue weighted by Crippen LogP contribution is -2.19. The third-order valence-corrected chi connectivity index (χ3v) is 4.02. The summed E-state index contributed by atoms with van der Waals surface area (Å²) >= 11 is 1.37. The molecule has 0 saturated carbocycles. The first kappa shape index (κ1) is 13.2. The Morgan fingerprint density at radius 3 is 2.80 bits per heavy atom. The fraction of sp³-hybridized carbons (Fsp3) is 0.357. The Morgan fingerprint density at radius 2 is 2.10 bits per heavy atom. The summed E-state index contributed by atoms with van der Waals surface area (Å²) in [6, 6.07) is 5.50. The minimum absolute atomic E-state index is 0.0139. The van der Waals surface area contributed by atoms with Gasteiger partial charge in [0.15, 0.2) is 11.5 Å². The second-order valence-corrected chi connectivity index (χ2v) is 5.43. The van der Waals surface area contributed by atoms with Crippen LogP contribution in [0, 0.1) is 0 Å². The highest BCUT2D eigenvalue weighted by Gasteiger charge is 2.25. The molecule has 0 amide bonds. The van der Waals surface area contributed by atoms with Crippen LogP contribution in [0.25, 0.3) is 10.1 Å². The van der Waals surface area contributed by atoms with Gasteiger partial charge in [0, 0.05) is 17.2 Å². The van der Waals surface area contributed by atoms with E-state index < -0.39 is 6.29 Å². The summed E-state index contributed by atoms with van der Waals surface area (Å²) in [6.07, 6.45) is -0.00724. The van der Waals surface area contributed by atoms with Crippen LogP contribution in [0.5, 0.6) is 11.5 Å². The van der Waals surface area contributed by atoms with E-state index in [1.807, 2.05) is 12.1 Å². The Bertz CT molecular complexity index is 605. The quantitative estimate of drug-likeness (QED) is 0.878. The summed E-state index contributed by atoms with van der Waals surface area (Å²) in [4.78, 5) is 12.3. The Labute approximate surface area is 119 Å². The number of aliphatic hydroxyl groups is 1. The highest BCUT2D eigenvalue weighted by atomic mass is 32.1. The smallest absolute Gasteiger partial charge is 0.348 e. The van der Waals surface area contributed by atoms with Crippen molar-refractivity contribution in [3.8, 4) is 11.5 Å². The molecule has 2 aromatic rings. The second-order valence-electron chi connectivity index (χ2n) is 4.35. The molecule has 0 aliphatic carbocycles. The number of aliphatic hydroxyl groups excluding tert-OH is 1. The van der Waals surface area contributed by atoms with Crippen molar-refractivity contribution in [1.82, 2.24) is 0 Å². The van der Waals surface area contributed by atoms with Crippen molar-refractivity contribution in [3.63, 3.8) is 0 Å². The van der Waals surface area contributed by atoms with E-state index in [2.05, 4.69) is 0 Å². The standard InChI is InChI=1S/C14H14O5S/c1-2-17-14(16)12-6-8-5-9-10(7-11(8)20-12)19-13(18-9)3-4-15/h5-7,13,15H,2-4H2,1H3. The maximum Gasteiger partial charge on any atom is 0.348 e. The normalized spacial score (nSPS) is 16.6. The second kappa shape index (κ2) is 5.30. The molecule has 3 rings (SSSR count). The molecular weight excluding hydrogens is 280 g/mol. The number of benzene rings is 1. The van der Waals surface area contributed by atoms with Gasteiger partial charge in [0.25, 0.3) is 0 Å². The Morgan fingerprint density at radius 1 is 1.35 bits per heavy atom. The van der Waals surface area contributed by atoms with Crippen molar-refractivity contribution >= 4 is 27.4 Å². The maximum atomic E-state index is 11.7. The minimum Gasteiger partial charge on any atom is -0.462 e. The van der Waals surface area contributed by atoms with Gasteiger partial charge in [0.05, 0.1) is 13.2 Å². The molecule has 1 N–H and O–H groups in total. The number of carbonyl (C=O) groups is 1. The van der Waals surface area contributed by atoms with Gasteiger partial charge in [-0.3, -0.25) is 0 Å². The highest BCUT2D eigenvalue weighted by Crippen LogP contribution is 2.41. The van der Waals surface area contributed by atoms with Crippen LogP contribution in [0.2, 0.25) is 0 Å². The van der Waals surface area contributed by atoms with Crippen molar-refractivity contribution < 1.29 is 24.1 Å². The predicted octanol–water partition coefficient (Wildman–Crippen LogP) is 2.56. The number of hydrogen-bond acceptors (Lipinski definition) is 6. The number of fused-ring (bicyclic) bond motifs is 2. The summed E-state index contributed by atoms with van der Waals surface area (Å²) in [5, 5.41) is 9.81. The fourth-order valence-corrected chi connectivity index (χ4v) is 3.03. The lowest BCUT2D eigenvalue weighted by atomic mass is 10.2. The summed E-state index contributed by atoms with van der Waals surface area (Å²) < 4.78 is 17.1. The van der Waals surface area contributed by atoms with Crippen molar-refractivity contribution in [2.75, 3.05) is 13.2 Å². The summed E-state index contributed by atoms with van der Waals surface area (Å²) in [7, 11) is 0. The summed E-state index contributed by atoms with van der Waals surface area (Å²) in [5.41, 5.74) is 0. The first-order chi connectivity index (χ1) is 9.71. The van der Waals surface area contributed by atoms with Crippen LogP contribution in [0.4, 0.5) is 0 Å². The number of hydrogen-bond donors (Lipinski definition) is 1. The molecular formula is C14H14O5S. The molecule has 0 bridgehead atoms. The molecule has 2 heterocycles. The summed E-state index contributed by atoms with van der Waals surface area (Å²) in [5.74, 6) is 0.978. The van der Waals surface area contributed by atoms with E-state index in [0.29, 0.717) is 29.4 Å². The third-order valence-electron chi connectivity index (χ3n) is 2.94. The van der Waals surface area contributed by atoms with E-state index in [0.717, 1.165) is 10.1 Å². The molecule has 6 heteroatoms. The van der Waals surface area contributed by atoms with Crippen LogP contribution >= 0.6 is 11.3 Å². The maximum absolute atomic E-state index is 11.7. The third kappa shape index (κ3) is 2.32. The number of thiophene rings is 1. The van der Waals surface area contributed by atoms with Crippen molar-refractivity contribution in [3.05, 3.63) is 23.1 Å². The van der Waals surface area contributed by atoms with Crippen LogP contribution < -0.4 is 9.47 Å². The van der Waals surface area contributed by atoms with Crippen LogP contribution in [-0.2, 0) is 4.74 Å². The van der Waals surface area contributed by atoms with E-state index in [1.165, 1.54) is 11.3 Å². The molecule has 5 nitrogen and oxygen atoms in total. The average Bonchev–Trinajstić information content (AvgIpc) is 2.98. The van der Waals surface area contributed by atoms with Gasteiger partial charge in [0.1, 0.15) is 4.88 Å². The van der Waals surface area contributed by atoms with Crippen LogP contribution in [-0.4, -0.2) is 30.6 Å². The van der Waals surface area contributed by atoms with E-state index >= 15 is 0 Å². The molecule has 1 aromatic carbocycles. The van der Waals surface area contributed by atoms with Gasteiger partial charge in [-0.05, 0) is 24.4 Å². The van der Waals surface area contributed by atoms with Gasteiger partial charge in [-0.15, -0.1) is 11.3 Å². The zero-order chi connectivity index (χ0) is 14.1. The SMILES string of the molecule is CCOC(=O)c1cc2cc3c(cc2s1)OC(CCO)O3. The van der Waals surface area contributed by atoms with Gasteiger partial charge < -0.3 is 19.3 Å². The van der Waals surface area contributed by atoms with Crippen molar-refractivity contribution in [1.29, 1.82) is 0 Å². The van der Waals surface area contributed by atoms with Crippen LogP contribution in [0.15, 0.2) is 18.2 Å². The lowest BCUT2D eigenvalue weighted by molar-refractivity contribution is 0.0271. The molecule has 106 valence electrons. The Balaban J connectivity index is 1.90. The molecule has 1 aromatic heterocycles.